The van der Waals surface area contributed by atoms with E-state index >= 15 is 0 Å². The molecule has 18 heavy (non-hydrogen) atoms. The molecule has 1 N–H and O–H groups in total. The van der Waals surface area contributed by atoms with Crippen LogP contribution in [0.1, 0.15) is 26.7 Å². The van der Waals surface area contributed by atoms with Gasteiger partial charge >= 0.3 is 0 Å². The Morgan fingerprint density at radius 2 is 2.17 bits per heavy atom. The molecule has 0 aromatic carbocycles. The molecular formula is C13H21BrN4. The molecule has 0 radical (unpaired) electrons. The minimum absolute atomic E-state index is 0.560. The SMILES string of the molecule is CC(C)NCC1CCCN(c2ncc(Br)cn2)C1. The molecule has 1 aliphatic heterocycles. The molecule has 100 valence electrons. The average Bonchev–Trinajstić information content (AvgIpc) is 2.37. The topological polar surface area (TPSA) is 41.0 Å². The summed E-state index contributed by atoms with van der Waals surface area (Å²) in [6, 6.07) is 0.560. The smallest absolute Gasteiger partial charge is 0.225 e. The van der Waals surface area contributed by atoms with Gasteiger partial charge in [0, 0.05) is 31.5 Å². The van der Waals surface area contributed by atoms with Gasteiger partial charge in [-0.3, -0.25) is 0 Å². The summed E-state index contributed by atoms with van der Waals surface area (Å²) in [6.45, 7) is 7.60. The molecule has 0 bridgehead atoms. The molecule has 1 aromatic rings. The number of piperidine rings is 1. The lowest BCUT2D eigenvalue weighted by Gasteiger charge is -2.33. The lowest BCUT2D eigenvalue weighted by Crippen LogP contribution is -2.41. The van der Waals surface area contributed by atoms with E-state index in [-0.39, 0.29) is 0 Å². The van der Waals surface area contributed by atoms with Crippen molar-refractivity contribution in [1.82, 2.24) is 15.3 Å². The average molecular weight is 313 g/mol. The lowest BCUT2D eigenvalue weighted by molar-refractivity contribution is 0.377. The summed E-state index contributed by atoms with van der Waals surface area (Å²) in [4.78, 5) is 11.1. The third-order valence-electron chi connectivity index (χ3n) is 3.22. The lowest BCUT2D eigenvalue weighted by atomic mass is 9.98. The molecule has 2 heterocycles. The summed E-state index contributed by atoms with van der Waals surface area (Å²) in [6.07, 6.45) is 6.16. The molecule has 0 spiro atoms. The molecule has 1 fully saturated rings. The van der Waals surface area contributed by atoms with E-state index in [0.29, 0.717) is 12.0 Å². The van der Waals surface area contributed by atoms with Crippen molar-refractivity contribution in [3.8, 4) is 0 Å². The van der Waals surface area contributed by atoms with Crippen LogP contribution in [-0.4, -0.2) is 35.6 Å². The van der Waals surface area contributed by atoms with E-state index in [4.69, 9.17) is 0 Å². The van der Waals surface area contributed by atoms with Gasteiger partial charge in [0.25, 0.3) is 0 Å². The summed E-state index contributed by atoms with van der Waals surface area (Å²) in [7, 11) is 0. The molecule has 2 rings (SSSR count). The molecule has 1 atom stereocenters. The monoisotopic (exact) mass is 312 g/mol. The molecule has 0 aliphatic carbocycles. The highest BCUT2D eigenvalue weighted by atomic mass is 79.9. The predicted molar refractivity (Wildman–Crippen MR) is 77.8 cm³/mol. The highest BCUT2D eigenvalue weighted by Crippen LogP contribution is 2.20. The van der Waals surface area contributed by atoms with Crippen LogP contribution in [0.4, 0.5) is 5.95 Å². The normalized spacial score (nSPS) is 20.4. The number of anilines is 1. The van der Waals surface area contributed by atoms with Crippen molar-refractivity contribution in [2.24, 2.45) is 5.92 Å². The fourth-order valence-electron chi connectivity index (χ4n) is 2.28. The summed E-state index contributed by atoms with van der Waals surface area (Å²) < 4.78 is 0.932. The number of nitrogens with one attached hydrogen (secondary N) is 1. The maximum Gasteiger partial charge on any atom is 0.225 e. The highest BCUT2D eigenvalue weighted by molar-refractivity contribution is 9.10. The van der Waals surface area contributed by atoms with Gasteiger partial charge in [0.1, 0.15) is 0 Å². The van der Waals surface area contributed by atoms with Crippen LogP contribution in [0.15, 0.2) is 16.9 Å². The predicted octanol–water partition coefficient (Wildman–Crippen LogP) is 2.45. The van der Waals surface area contributed by atoms with Gasteiger partial charge in [-0.25, -0.2) is 9.97 Å². The van der Waals surface area contributed by atoms with E-state index in [1.807, 2.05) is 12.4 Å². The molecule has 0 amide bonds. The summed E-state index contributed by atoms with van der Waals surface area (Å²) in [5, 5.41) is 3.52. The molecule has 1 aliphatic rings. The van der Waals surface area contributed by atoms with E-state index in [2.05, 4.69) is 50.0 Å². The Hall–Kier alpha value is -0.680. The van der Waals surface area contributed by atoms with Crippen molar-refractivity contribution in [3.05, 3.63) is 16.9 Å². The van der Waals surface area contributed by atoms with Crippen LogP contribution < -0.4 is 10.2 Å². The second-order valence-electron chi connectivity index (χ2n) is 5.22. The Balaban J connectivity index is 1.91. The van der Waals surface area contributed by atoms with Crippen molar-refractivity contribution in [2.45, 2.75) is 32.7 Å². The van der Waals surface area contributed by atoms with Gasteiger partial charge in [-0.15, -0.1) is 0 Å². The maximum atomic E-state index is 4.38. The zero-order chi connectivity index (χ0) is 13.0. The first-order valence-corrected chi connectivity index (χ1v) is 7.40. The molecule has 1 unspecified atom stereocenters. The Kier molecular flexibility index (Phi) is 4.95. The van der Waals surface area contributed by atoms with Gasteiger partial charge < -0.3 is 10.2 Å². The van der Waals surface area contributed by atoms with Crippen LogP contribution in [0, 0.1) is 5.92 Å². The molecule has 1 saturated heterocycles. The number of nitrogens with zero attached hydrogens (tertiary/aromatic N) is 3. The molecular weight excluding hydrogens is 292 g/mol. The van der Waals surface area contributed by atoms with Gasteiger partial charge in [-0.2, -0.15) is 0 Å². The van der Waals surface area contributed by atoms with Crippen LogP contribution >= 0.6 is 15.9 Å². The second kappa shape index (κ2) is 6.48. The van der Waals surface area contributed by atoms with E-state index in [9.17, 15) is 0 Å². The molecule has 1 aromatic heterocycles. The van der Waals surface area contributed by atoms with Crippen molar-refractivity contribution >= 4 is 21.9 Å². The molecule has 4 nitrogen and oxygen atoms in total. The van der Waals surface area contributed by atoms with Gasteiger partial charge in [0.2, 0.25) is 5.95 Å². The third-order valence-corrected chi connectivity index (χ3v) is 3.63. The van der Waals surface area contributed by atoms with E-state index in [1.54, 1.807) is 0 Å². The van der Waals surface area contributed by atoms with Crippen LogP contribution in [0.2, 0.25) is 0 Å². The van der Waals surface area contributed by atoms with Crippen LogP contribution in [0.25, 0.3) is 0 Å². The van der Waals surface area contributed by atoms with Crippen molar-refractivity contribution < 1.29 is 0 Å². The Morgan fingerprint density at radius 1 is 1.44 bits per heavy atom. The summed E-state index contributed by atoms with van der Waals surface area (Å²) in [5.41, 5.74) is 0. The zero-order valence-corrected chi connectivity index (χ0v) is 12.7. The number of halogens is 1. The quantitative estimate of drug-likeness (QED) is 0.927. The van der Waals surface area contributed by atoms with Crippen molar-refractivity contribution in [2.75, 3.05) is 24.5 Å². The number of aromatic nitrogens is 2. The first-order chi connectivity index (χ1) is 8.65. The van der Waals surface area contributed by atoms with Crippen molar-refractivity contribution in [1.29, 1.82) is 0 Å². The zero-order valence-electron chi connectivity index (χ0n) is 11.1. The fraction of sp³-hybridized carbons (Fsp3) is 0.692. The fourth-order valence-corrected chi connectivity index (χ4v) is 2.49. The van der Waals surface area contributed by atoms with E-state index in [1.165, 1.54) is 12.8 Å². The van der Waals surface area contributed by atoms with Crippen LogP contribution in [-0.2, 0) is 0 Å². The number of rotatable bonds is 4. The standard InChI is InChI=1S/C13H21BrN4/c1-10(2)15-6-11-4-3-5-18(9-11)13-16-7-12(14)8-17-13/h7-8,10-11,15H,3-6,9H2,1-2H3. The van der Waals surface area contributed by atoms with Crippen LogP contribution in [0.5, 0.6) is 0 Å². The van der Waals surface area contributed by atoms with E-state index in [0.717, 1.165) is 30.1 Å². The second-order valence-corrected chi connectivity index (χ2v) is 6.13. The third kappa shape index (κ3) is 3.92. The van der Waals surface area contributed by atoms with Gasteiger partial charge in [-0.1, -0.05) is 13.8 Å². The Bertz CT molecular complexity index is 366. The van der Waals surface area contributed by atoms with Crippen molar-refractivity contribution in [3.63, 3.8) is 0 Å². The van der Waals surface area contributed by atoms with Gasteiger partial charge in [0.05, 0.1) is 4.47 Å². The molecule has 5 heteroatoms. The number of hydrogen-bond donors (Lipinski definition) is 1. The molecule has 0 saturated carbocycles. The summed E-state index contributed by atoms with van der Waals surface area (Å²) >= 11 is 3.37. The minimum atomic E-state index is 0.560. The van der Waals surface area contributed by atoms with Gasteiger partial charge in [-0.05, 0) is 41.2 Å². The van der Waals surface area contributed by atoms with Crippen LogP contribution in [0.3, 0.4) is 0 Å². The van der Waals surface area contributed by atoms with E-state index < -0.39 is 0 Å². The highest BCUT2D eigenvalue weighted by Gasteiger charge is 2.21. The largest absolute Gasteiger partial charge is 0.341 e. The first kappa shape index (κ1) is 13.7. The van der Waals surface area contributed by atoms with Gasteiger partial charge in [0.15, 0.2) is 0 Å². The Labute approximate surface area is 117 Å². The number of hydrogen-bond acceptors (Lipinski definition) is 4. The summed E-state index contributed by atoms with van der Waals surface area (Å²) in [5.74, 6) is 1.56. The minimum Gasteiger partial charge on any atom is -0.341 e. The Morgan fingerprint density at radius 3 is 2.83 bits per heavy atom. The maximum absolute atomic E-state index is 4.38. The first-order valence-electron chi connectivity index (χ1n) is 6.61.